The first-order chi connectivity index (χ1) is 6.77. The monoisotopic (exact) mass is 195 g/mol. The average molecular weight is 195 g/mol. The summed E-state index contributed by atoms with van der Waals surface area (Å²) in [6.07, 6.45) is 7.28. The van der Waals surface area contributed by atoms with E-state index in [2.05, 4.69) is 10.2 Å². The van der Waals surface area contributed by atoms with Gasteiger partial charge in [-0.3, -0.25) is 0 Å². The Hall–Kier alpha value is -0.900. The number of aliphatic hydroxyl groups is 1. The molecule has 1 aliphatic carbocycles. The van der Waals surface area contributed by atoms with Crippen molar-refractivity contribution in [3.8, 4) is 0 Å². The lowest BCUT2D eigenvalue weighted by atomic mass is 9.84. The number of nitrogens with zero attached hydrogens (tertiary/aromatic N) is 3. The van der Waals surface area contributed by atoms with Crippen molar-refractivity contribution in [1.29, 1.82) is 0 Å². The van der Waals surface area contributed by atoms with Crippen molar-refractivity contribution in [2.24, 2.45) is 13.0 Å². The van der Waals surface area contributed by atoms with Crippen LogP contribution in [0.25, 0.3) is 0 Å². The Morgan fingerprint density at radius 3 is 2.71 bits per heavy atom. The summed E-state index contributed by atoms with van der Waals surface area (Å²) in [6.45, 7) is 0. The maximum atomic E-state index is 10.0. The molecule has 14 heavy (non-hydrogen) atoms. The smallest absolute Gasteiger partial charge is 0.111 e. The zero-order valence-corrected chi connectivity index (χ0v) is 8.56. The van der Waals surface area contributed by atoms with Crippen molar-refractivity contribution < 1.29 is 5.11 Å². The first-order valence-electron chi connectivity index (χ1n) is 5.31. The molecule has 1 saturated carbocycles. The molecule has 78 valence electrons. The van der Waals surface area contributed by atoms with E-state index in [1.165, 1.54) is 24.1 Å². The summed E-state index contributed by atoms with van der Waals surface area (Å²) in [5.41, 5.74) is 0.722. The first kappa shape index (κ1) is 9.65. The highest BCUT2D eigenvalue weighted by Gasteiger charge is 2.24. The van der Waals surface area contributed by atoms with Gasteiger partial charge in [0.15, 0.2) is 0 Å². The zero-order chi connectivity index (χ0) is 9.97. The molecule has 1 unspecified atom stereocenters. The fraction of sp³-hybridized carbons (Fsp3) is 0.800. The van der Waals surface area contributed by atoms with Gasteiger partial charge in [-0.25, -0.2) is 0 Å². The molecule has 1 aliphatic rings. The normalized spacial score (nSPS) is 21.0. The topological polar surface area (TPSA) is 50.9 Å². The van der Waals surface area contributed by atoms with Crippen LogP contribution in [0.15, 0.2) is 6.20 Å². The van der Waals surface area contributed by atoms with E-state index in [1.54, 1.807) is 13.2 Å². The molecular formula is C10H17N3O. The van der Waals surface area contributed by atoms with Crippen LogP contribution in [0.5, 0.6) is 0 Å². The Labute approximate surface area is 83.9 Å². The van der Waals surface area contributed by atoms with E-state index in [1.807, 2.05) is 0 Å². The minimum atomic E-state index is -0.413. The Kier molecular flexibility index (Phi) is 2.82. The highest BCUT2D eigenvalue weighted by molar-refractivity contribution is 4.99. The molecule has 2 rings (SSSR count). The van der Waals surface area contributed by atoms with Gasteiger partial charge in [-0.15, -0.1) is 0 Å². The van der Waals surface area contributed by atoms with Gasteiger partial charge in [-0.2, -0.15) is 15.0 Å². The van der Waals surface area contributed by atoms with Crippen molar-refractivity contribution in [2.75, 3.05) is 0 Å². The lowest BCUT2D eigenvalue weighted by molar-refractivity contribution is 0.0806. The molecule has 1 N–H and O–H groups in total. The molecule has 0 bridgehead atoms. The fourth-order valence-electron chi connectivity index (χ4n) is 2.19. The molecule has 1 aromatic heterocycles. The summed E-state index contributed by atoms with van der Waals surface area (Å²) >= 11 is 0. The van der Waals surface area contributed by atoms with E-state index < -0.39 is 6.10 Å². The minimum Gasteiger partial charge on any atom is -0.386 e. The highest BCUT2D eigenvalue weighted by Crippen LogP contribution is 2.33. The summed E-state index contributed by atoms with van der Waals surface area (Å²) in [5, 5.41) is 18.2. The van der Waals surface area contributed by atoms with Crippen LogP contribution in [0.4, 0.5) is 0 Å². The van der Waals surface area contributed by atoms with Crippen molar-refractivity contribution in [2.45, 2.75) is 38.2 Å². The van der Waals surface area contributed by atoms with E-state index >= 15 is 0 Å². The Balaban J connectivity index is 2.03. The highest BCUT2D eigenvalue weighted by atomic mass is 16.3. The number of aryl methyl sites for hydroxylation is 1. The number of hydrogen-bond donors (Lipinski definition) is 1. The van der Waals surface area contributed by atoms with Gasteiger partial charge >= 0.3 is 0 Å². The van der Waals surface area contributed by atoms with Crippen molar-refractivity contribution in [3.63, 3.8) is 0 Å². The second-order valence-corrected chi connectivity index (χ2v) is 4.10. The van der Waals surface area contributed by atoms with Crippen molar-refractivity contribution in [1.82, 2.24) is 15.0 Å². The molecule has 4 heteroatoms. The standard InChI is InChI=1S/C10H17N3O/c1-13-11-7-9(12-13)10(14)8-5-3-2-4-6-8/h7-8,10,14H,2-6H2,1H3. The van der Waals surface area contributed by atoms with E-state index in [0.29, 0.717) is 5.92 Å². The summed E-state index contributed by atoms with van der Waals surface area (Å²) in [4.78, 5) is 1.50. The van der Waals surface area contributed by atoms with E-state index in [-0.39, 0.29) is 0 Å². The van der Waals surface area contributed by atoms with Gasteiger partial charge in [0.1, 0.15) is 11.8 Å². The summed E-state index contributed by atoms with van der Waals surface area (Å²) < 4.78 is 0. The van der Waals surface area contributed by atoms with Gasteiger partial charge in [0.25, 0.3) is 0 Å². The number of aromatic nitrogens is 3. The maximum absolute atomic E-state index is 10.0. The fourth-order valence-corrected chi connectivity index (χ4v) is 2.19. The second kappa shape index (κ2) is 4.09. The Morgan fingerprint density at radius 2 is 2.14 bits per heavy atom. The lowest BCUT2D eigenvalue weighted by Crippen LogP contribution is -2.16. The van der Waals surface area contributed by atoms with Gasteiger partial charge in [0.2, 0.25) is 0 Å². The van der Waals surface area contributed by atoms with Crippen LogP contribution in [0, 0.1) is 5.92 Å². The van der Waals surface area contributed by atoms with Crippen LogP contribution in [-0.2, 0) is 7.05 Å². The van der Waals surface area contributed by atoms with Gasteiger partial charge in [-0.1, -0.05) is 19.3 Å². The third kappa shape index (κ3) is 1.95. The largest absolute Gasteiger partial charge is 0.386 e. The quantitative estimate of drug-likeness (QED) is 0.776. The maximum Gasteiger partial charge on any atom is 0.111 e. The second-order valence-electron chi connectivity index (χ2n) is 4.10. The Morgan fingerprint density at radius 1 is 1.43 bits per heavy atom. The molecule has 0 radical (unpaired) electrons. The summed E-state index contributed by atoms with van der Waals surface area (Å²) in [6, 6.07) is 0. The minimum absolute atomic E-state index is 0.389. The first-order valence-corrected chi connectivity index (χ1v) is 5.31. The molecule has 1 heterocycles. The van der Waals surface area contributed by atoms with Crippen LogP contribution >= 0.6 is 0 Å². The van der Waals surface area contributed by atoms with E-state index in [0.717, 1.165) is 18.5 Å². The van der Waals surface area contributed by atoms with Crippen molar-refractivity contribution >= 4 is 0 Å². The number of rotatable bonds is 2. The van der Waals surface area contributed by atoms with Crippen LogP contribution in [-0.4, -0.2) is 20.1 Å². The molecule has 0 spiro atoms. The molecule has 0 aromatic carbocycles. The predicted octanol–water partition coefficient (Wildman–Crippen LogP) is 1.43. The molecule has 0 saturated heterocycles. The molecule has 4 nitrogen and oxygen atoms in total. The van der Waals surface area contributed by atoms with E-state index in [9.17, 15) is 5.11 Å². The van der Waals surface area contributed by atoms with Gasteiger partial charge < -0.3 is 5.11 Å². The number of aliphatic hydroxyl groups excluding tert-OH is 1. The van der Waals surface area contributed by atoms with Gasteiger partial charge in [0, 0.05) is 7.05 Å². The molecule has 1 aromatic rings. The zero-order valence-electron chi connectivity index (χ0n) is 8.56. The molecule has 1 atom stereocenters. The van der Waals surface area contributed by atoms with Crippen LogP contribution in [0.3, 0.4) is 0 Å². The molecule has 1 fully saturated rings. The lowest BCUT2D eigenvalue weighted by Gasteiger charge is -2.24. The third-order valence-corrected chi connectivity index (χ3v) is 3.02. The summed E-state index contributed by atoms with van der Waals surface area (Å²) in [5.74, 6) is 0.389. The van der Waals surface area contributed by atoms with Crippen molar-refractivity contribution in [3.05, 3.63) is 11.9 Å². The molecule has 0 aliphatic heterocycles. The Bertz CT molecular complexity index is 291. The number of hydrogen-bond acceptors (Lipinski definition) is 3. The molecule has 0 amide bonds. The average Bonchev–Trinajstić information content (AvgIpc) is 2.65. The molecular weight excluding hydrogens is 178 g/mol. The van der Waals surface area contributed by atoms with Crippen LogP contribution in [0.2, 0.25) is 0 Å². The predicted molar refractivity (Wildman–Crippen MR) is 52.5 cm³/mol. The van der Waals surface area contributed by atoms with Crippen LogP contribution in [0.1, 0.15) is 43.9 Å². The van der Waals surface area contributed by atoms with Crippen LogP contribution < -0.4 is 0 Å². The third-order valence-electron chi connectivity index (χ3n) is 3.02. The van der Waals surface area contributed by atoms with Gasteiger partial charge in [0.05, 0.1) is 6.20 Å². The van der Waals surface area contributed by atoms with E-state index in [4.69, 9.17) is 0 Å². The summed E-state index contributed by atoms with van der Waals surface area (Å²) in [7, 11) is 1.77. The van der Waals surface area contributed by atoms with Gasteiger partial charge in [-0.05, 0) is 18.8 Å². The SMILES string of the molecule is Cn1ncc(C(O)C2CCCCC2)n1.